The number of fused-ring (bicyclic) bond motifs is 2. The molecule has 0 spiro atoms. The highest BCUT2D eigenvalue weighted by molar-refractivity contribution is 7.16. The van der Waals surface area contributed by atoms with Crippen molar-refractivity contribution < 1.29 is 13.6 Å². The summed E-state index contributed by atoms with van der Waals surface area (Å²) in [5, 5.41) is 3.87. The largest absolute Gasteiger partial charge is 0.352 e. The molecule has 6 rings (SSSR count). The van der Waals surface area contributed by atoms with Crippen molar-refractivity contribution in [3.63, 3.8) is 0 Å². The van der Waals surface area contributed by atoms with Crippen molar-refractivity contribution in [1.82, 2.24) is 19.8 Å². The van der Waals surface area contributed by atoms with E-state index in [1.807, 2.05) is 19.2 Å². The second-order valence-electron chi connectivity index (χ2n) is 9.13. The zero-order chi connectivity index (χ0) is 25.5. The number of carbonyl (C=O) groups is 1. The number of nitrogens with zero attached hydrogens (tertiary/aromatic N) is 4. The van der Waals surface area contributed by atoms with Gasteiger partial charge in [0.2, 0.25) is 0 Å². The molecule has 3 heterocycles. The van der Waals surface area contributed by atoms with E-state index >= 15 is 8.78 Å². The van der Waals surface area contributed by atoms with Crippen LogP contribution in [0.3, 0.4) is 0 Å². The molecule has 186 valence electrons. The van der Waals surface area contributed by atoms with Crippen molar-refractivity contribution in [1.29, 1.82) is 0 Å². The quantitative estimate of drug-likeness (QED) is 0.322. The Bertz CT molecular complexity index is 1650. The molecule has 1 saturated heterocycles. The summed E-state index contributed by atoms with van der Waals surface area (Å²) in [6.07, 6.45) is 1.64. The second-order valence-corrected chi connectivity index (χ2v) is 10.0. The van der Waals surface area contributed by atoms with Crippen molar-refractivity contribution in [3.05, 3.63) is 83.5 Å². The number of hydrogen-bond acceptors (Lipinski definition) is 6. The highest BCUT2D eigenvalue weighted by Crippen LogP contribution is 2.33. The summed E-state index contributed by atoms with van der Waals surface area (Å²) < 4.78 is 31.1. The molecule has 6 nitrogen and oxygen atoms in total. The number of halogens is 2. The van der Waals surface area contributed by atoms with E-state index in [1.165, 1.54) is 17.4 Å². The number of nitrogens with one attached hydrogen (secondary N) is 1. The Balaban J connectivity index is 1.32. The van der Waals surface area contributed by atoms with Crippen LogP contribution in [0.1, 0.15) is 10.4 Å². The number of aromatic nitrogens is 2. The van der Waals surface area contributed by atoms with Crippen LogP contribution in [0.4, 0.5) is 20.2 Å². The second kappa shape index (κ2) is 9.49. The van der Waals surface area contributed by atoms with Gasteiger partial charge < -0.3 is 15.1 Å². The lowest BCUT2D eigenvalue weighted by Crippen LogP contribution is -2.47. The minimum absolute atomic E-state index is 0.160. The molecule has 1 fully saturated rings. The predicted octanol–water partition coefficient (Wildman–Crippen LogP) is 5.92. The number of likely N-dealkylation sites (N-methyl/N-ethyl adjacent to an activating group) is 1. The van der Waals surface area contributed by atoms with E-state index in [4.69, 9.17) is 0 Å². The highest BCUT2D eigenvalue weighted by atomic mass is 32.1. The Morgan fingerprint density at radius 1 is 0.946 bits per heavy atom. The van der Waals surface area contributed by atoms with Gasteiger partial charge in [0.1, 0.15) is 11.3 Å². The molecule has 1 aliphatic rings. The van der Waals surface area contributed by atoms with Crippen molar-refractivity contribution in [3.8, 4) is 11.1 Å². The summed E-state index contributed by atoms with van der Waals surface area (Å²) in [6.45, 7) is 2.86. The lowest BCUT2D eigenvalue weighted by molar-refractivity contribution is 0.0663. The van der Waals surface area contributed by atoms with Crippen LogP contribution in [0.25, 0.3) is 32.2 Å². The number of hydrogen-bond donors (Lipinski definition) is 1. The van der Waals surface area contributed by atoms with Gasteiger partial charge in [-0.25, -0.2) is 13.8 Å². The van der Waals surface area contributed by atoms with Gasteiger partial charge in [-0.15, -0.1) is 11.3 Å². The van der Waals surface area contributed by atoms with E-state index in [0.29, 0.717) is 52.2 Å². The summed E-state index contributed by atoms with van der Waals surface area (Å²) >= 11 is 1.38. The van der Waals surface area contributed by atoms with Gasteiger partial charge in [-0.1, -0.05) is 12.1 Å². The Kier molecular flexibility index (Phi) is 6.02. The molecule has 0 atom stereocenters. The number of amides is 1. The molecular formula is C28H23F2N5OS. The Morgan fingerprint density at radius 2 is 1.78 bits per heavy atom. The minimum atomic E-state index is -0.474. The molecule has 1 N–H and O–H groups in total. The molecule has 5 aromatic rings. The number of rotatable bonds is 4. The van der Waals surface area contributed by atoms with Crippen LogP contribution in [-0.4, -0.2) is 58.9 Å². The van der Waals surface area contributed by atoms with Crippen LogP contribution in [0.15, 0.2) is 66.3 Å². The summed E-state index contributed by atoms with van der Waals surface area (Å²) in [5.74, 6) is -1.06. The van der Waals surface area contributed by atoms with Gasteiger partial charge in [0.05, 0.1) is 21.4 Å². The molecule has 0 saturated carbocycles. The summed E-state index contributed by atoms with van der Waals surface area (Å²) in [4.78, 5) is 25.3. The molecule has 37 heavy (non-hydrogen) atoms. The third-order valence-corrected chi connectivity index (χ3v) is 7.56. The number of benzene rings is 3. The molecule has 1 amide bonds. The first kappa shape index (κ1) is 23.4. The van der Waals surface area contributed by atoms with Crippen LogP contribution in [-0.2, 0) is 0 Å². The molecule has 0 unspecified atom stereocenters. The fourth-order valence-corrected chi connectivity index (χ4v) is 5.31. The monoisotopic (exact) mass is 515 g/mol. The normalized spacial score (nSPS) is 14.4. The third kappa shape index (κ3) is 4.41. The van der Waals surface area contributed by atoms with Crippen molar-refractivity contribution in [2.45, 2.75) is 0 Å². The van der Waals surface area contributed by atoms with E-state index in [-0.39, 0.29) is 5.91 Å². The first-order valence-electron chi connectivity index (χ1n) is 11.9. The van der Waals surface area contributed by atoms with Gasteiger partial charge in [0, 0.05) is 54.6 Å². The fourth-order valence-electron chi connectivity index (χ4n) is 4.64. The Morgan fingerprint density at radius 3 is 2.59 bits per heavy atom. The lowest BCUT2D eigenvalue weighted by atomic mass is 10.00. The van der Waals surface area contributed by atoms with E-state index in [1.54, 1.807) is 53.0 Å². The molecule has 0 aliphatic carbocycles. The van der Waals surface area contributed by atoms with E-state index < -0.39 is 11.6 Å². The number of piperazine rings is 1. The molecule has 1 aliphatic heterocycles. The van der Waals surface area contributed by atoms with Crippen LogP contribution in [0, 0.1) is 11.6 Å². The van der Waals surface area contributed by atoms with Crippen molar-refractivity contribution in [2.24, 2.45) is 0 Å². The average Bonchev–Trinajstić information content (AvgIpc) is 3.40. The maximum absolute atomic E-state index is 15.3. The summed E-state index contributed by atoms with van der Waals surface area (Å²) in [6, 6.07) is 15.3. The fraction of sp³-hybridized carbons (Fsp3) is 0.179. The number of carbonyl (C=O) groups excluding carboxylic acids is 1. The predicted molar refractivity (Wildman–Crippen MR) is 143 cm³/mol. The zero-order valence-electron chi connectivity index (χ0n) is 20.0. The lowest BCUT2D eigenvalue weighted by Gasteiger charge is -2.32. The number of pyridine rings is 1. The summed E-state index contributed by atoms with van der Waals surface area (Å²) in [5.41, 5.74) is 4.91. The van der Waals surface area contributed by atoms with Crippen LogP contribution < -0.4 is 5.32 Å². The minimum Gasteiger partial charge on any atom is -0.352 e. The SMILES string of the molecule is CN1CCN(C(=O)c2ccc(-c3ccc4nccc(Nc5ccc6scnc6c5F)c4c3)c(F)c2)CC1. The number of thiazole rings is 1. The highest BCUT2D eigenvalue weighted by Gasteiger charge is 2.21. The van der Waals surface area contributed by atoms with E-state index in [0.717, 1.165) is 23.2 Å². The Hall–Kier alpha value is -3.95. The maximum atomic E-state index is 15.3. The number of anilines is 2. The molecule has 0 bridgehead atoms. The van der Waals surface area contributed by atoms with Crippen molar-refractivity contribution in [2.75, 3.05) is 38.5 Å². The topological polar surface area (TPSA) is 61.4 Å². The third-order valence-electron chi connectivity index (χ3n) is 6.77. The van der Waals surface area contributed by atoms with Crippen LogP contribution in [0.2, 0.25) is 0 Å². The first-order chi connectivity index (χ1) is 18.0. The van der Waals surface area contributed by atoms with Gasteiger partial charge in [-0.2, -0.15) is 0 Å². The first-order valence-corrected chi connectivity index (χ1v) is 12.8. The van der Waals surface area contributed by atoms with E-state index in [9.17, 15) is 4.79 Å². The van der Waals surface area contributed by atoms with Gasteiger partial charge in [-0.05, 0) is 55.1 Å². The van der Waals surface area contributed by atoms with Crippen molar-refractivity contribution >= 4 is 49.7 Å². The molecule has 0 radical (unpaired) electrons. The molecule has 9 heteroatoms. The van der Waals surface area contributed by atoms with Gasteiger partial charge >= 0.3 is 0 Å². The molecular weight excluding hydrogens is 492 g/mol. The smallest absolute Gasteiger partial charge is 0.254 e. The standard InChI is InChI=1S/C28H23F2N5OS/c1-34-10-12-35(13-11-34)28(36)18-2-4-19(21(29)15-18)17-3-5-22-20(14-17)23(8-9-31-22)33-24-6-7-25-27(26(24)30)32-16-37-25/h2-9,14-16H,10-13H2,1H3,(H,31,33). The van der Waals surface area contributed by atoms with Crippen LogP contribution in [0.5, 0.6) is 0 Å². The van der Waals surface area contributed by atoms with Gasteiger partial charge in [0.15, 0.2) is 5.82 Å². The van der Waals surface area contributed by atoms with Gasteiger partial charge in [-0.3, -0.25) is 9.78 Å². The van der Waals surface area contributed by atoms with Crippen LogP contribution >= 0.6 is 11.3 Å². The molecule has 3 aromatic carbocycles. The van der Waals surface area contributed by atoms with E-state index in [2.05, 4.69) is 20.2 Å². The van der Waals surface area contributed by atoms with Gasteiger partial charge in [0.25, 0.3) is 5.91 Å². The maximum Gasteiger partial charge on any atom is 0.254 e. The Labute approximate surface area is 216 Å². The zero-order valence-corrected chi connectivity index (χ0v) is 20.9. The summed E-state index contributed by atoms with van der Waals surface area (Å²) in [7, 11) is 2.02. The average molecular weight is 516 g/mol. The molecule has 2 aromatic heterocycles.